The fraction of sp³-hybridized carbons (Fsp3) is 0.632. The van der Waals surface area contributed by atoms with Crippen molar-refractivity contribution in [1.82, 2.24) is 4.90 Å². The van der Waals surface area contributed by atoms with Gasteiger partial charge in [0, 0.05) is 13.0 Å². The van der Waals surface area contributed by atoms with Gasteiger partial charge >= 0.3 is 0 Å². The van der Waals surface area contributed by atoms with Crippen LogP contribution in [0.2, 0.25) is 0 Å². The van der Waals surface area contributed by atoms with Crippen LogP contribution in [0.3, 0.4) is 0 Å². The Morgan fingerprint density at radius 1 is 1.33 bits per heavy atom. The van der Waals surface area contributed by atoms with Crippen LogP contribution in [0.25, 0.3) is 0 Å². The second-order valence-corrected chi connectivity index (χ2v) is 7.15. The molecule has 1 heterocycles. The van der Waals surface area contributed by atoms with E-state index in [2.05, 4.69) is 62.9 Å². The Morgan fingerprint density at radius 3 is 2.52 bits per heavy atom. The van der Waals surface area contributed by atoms with Gasteiger partial charge in [0.25, 0.3) is 0 Å². The van der Waals surface area contributed by atoms with Crippen molar-refractivity contribution in [2.24, 2.45) is 5.92 Å². The van der Waals surface area contributed by atoms with Crippen molar-refractivity contribution in [2.75, 3.05) is 13.1 Å². The molecule has 2 unspecified atom stereocenters. The molecule has 2 nitrogen and oxygen atoms in total. The minimum absolute atomic E-state index is 0.381. The van der Waals surface area contributed by atoms with E-state index in [1.54, 1.807) is 0 Å². The summed E-state index contributed by atoms with van der Waals surface area (Å²) in [4.78, 5) is 2.39. The molecule has 1 aromatic carbocycles. The molecule has 1 aliphatic rings. The molecule has 0 N–H and O–H groups in total. The van der Waals surface area contributed by atoms with E-state index >= 15 is 0 Å². The predicted octanol–water partition coefficient (Wildman–Crippen LogP) is 4.37. The summed E-state index contributed by atoms with van der Waals surface area (Å²) < 4.78 is 0. The Kier molecular flexibility index (Phi) is 5.06. The molecule has 0 bridgehead atoms. The number of likely N-dealkylation sites (tertiary alicyclic amines) is 1. The molecule has 0 saturated carbocycles. The standard InChI is InChI=1S/C19H28N2/c1-15(2)18-9-7-17(8-10-18)12-19(4,14-20)21-11-5-6-16(3)13-21/h7-10,15-16H,5-6,11-13H2,1-4H3. The Bertz CT molecular complexity index is 497. The highest BCUT2D eigenvalue weighted by Crippen LogP contribution is 2.27. The molecule has 2 rings (SSSR count). The van der Waals surface area contributed by atoms with E-state index in [1.165, 1.54) is 24.0 Å². The number of rotatable bonds is 4. The molecule has 1 aliphatic heterocycles. The highest BCUT2D eigenvalue weighted by molar-refractivity contribution is 5.27. The zero-order valence-corrected chi connectivity index (χ0v) is 13.9. The van der Waals surface area contributed by atoms with Gasteiger partial charge in [0.05, 0.1) is 6.07 Å². The van der Waals surface area contributed by atoms with Crippen LogP contribution >= 0.6 is 0 Å². The number of hydrogen-bond donors (Lipinski definition) is 0. The largest absolute Gasteiger partial charge is 0.285 e. The van der Waals surface area contributed by atoms with Gasteiger partial charge < -0.3 is 0 Å². The Balaban J connectivity index is 2.12. The smallest absolute Gasteiger partial charge is 0.110 e. The zero-order valence-electron chi connectivity index (χ0n) is 13.9. The van der Waals surface area contributed by atoms with Crippen LogP contribution in [-0.2, 0) is 6.42 Å². The van der Waals surface area contributed by atoms with Gasteiger partial charge in [-0.3, -0.25) is 4.90 Å². The van der Waals surface area contributed by atoms with E-state index in [4.69, 9.17) is 0 Å². The molecule has 0 radical (unpaired) electrons. The summed E-state index contributed by atoms with van der Waals surface area (Å²) in [5, 5.41) is 9.74. The second kappa shape index (κ2) is 6.62. The van der Waals surface area contributed by atoms with Gasteiger partial charge in [-0.1, -0.05) is 45.0 Å². The second-order valence-electron chi connectivity index (χ2n) is 7.15. The van der Waals surface area contributed by atoms with E-state index < -0.39 is 0 Å². The van der Waals surface area contributed by atoms with E-state index in [-0.39, 0.29) is 5.54 Å². The van der Waals surface area contributed by atoms with Crippen molar-refractivity contribution in [3.05, 3.63) is 35.4 Å². The molecule has 0 aromatic heterocycles. The van der Waals surface area contributed by atoms with Crippen LogP contribution in [0.4, 0.5) is 0 Å². The third-order valence-electron chi connectivity index (χ3n) is 4.79. The van der Waals surface area contributed by atoms with E-state index in [0.29, 0.717) is 11.8 Å². The summed E-state index contributed by atoms with van der Waals surface area (Å²) in [7, 11) is 0. The molecular weight excluding hydrogens is 256 g/mol. The van der Waals surface area contributed by atoms with Crippen molar-refractivity contribution in [1.29, 1.82) is 5.26 Å². The number of hydrogen-bond acceptors (Lipinski definition) is 2. The van der Waals surface area contributed by atoms with Crippen LogP contribution in [0.5, 0.6) is 0 Å². The maximum atomic E-state index is 9.74. The molecular formula is C19H28N2. The average Bonchev–Trinajstić information content (AvgIpc) is 2.47. The third-order valence-corrected chi connectivity index (χ3v) is 4.79. The fourth-order valence-corrected chi connectivity index (χ4v) is 3.28. The highest BCUT2D eigenvalue weighted by Gasteiger charge is 2.34. The first kappa shape index (κ1) is 16.0. The number of nitriles is 1. The van der Waals surface area contributed by atoms with E-state index in [0.717, 1.165) is 19.5 Å². The number of piperidine rings is 1. The van der Waals surface area contributed by atoms with Crippen molar-refractivity contribution in [3.63, 3.8) is 0 Å². The molecule has 2 atom stereocenters. The van der Waals surface area contributed by atoms with Crippen LogP contribution in [0.15, 0.2) is 24.3 Å². The summed E-state index contributed by atoms with van der Waals surface area (Å²) in [6.07, 6.45) is 3.32. The first-order valence-corrected chi connectivity index (χ1v) is 8.20. The SMILES string of the molecule is CC1CCCN(C(C)(C#N)Cc2ccc(C(C)C)cc2)C1. The summed E-state index contributed by atoms with van der Waals surface area (Å²) >= 11 is 0. The summed E-state index contributed by atoms with van der Waals surface area (Å²) in [5.41, 5.74) is 2.25. The minimum Gasteiger partial charge on any atom is -0.285 e. The van der Waals surface area contributed by atoms with Gasteiger partial charge in [-0.25, -0.2) is 0 Å². The maximum Gasteiger partial charge on any atom is 0.110 e. The molecule has 0 amide bonds. The Labute approximate surface area is 129 Å². The monoisotopic (exact) mass is 284 g/mol. The number of nitrogens with zero attached hydrogens (tertiary/aromatic N) is 2. The zero-order chi connectivity index (χ0) is 15.5. The first-order chi connectivity index (χ1) is 9.94. The van der Waals surface area contributed by atoms with Crippen LogP contribution in [-0.4, -0.2) is 23.5 Å². The lowest BCUT2D eigenvalue weighted by Gasteiger charge is -2.41. The quantitative estimate of drug-likeness (QED) is 0.821. The topological polar surface area (TPSA) is 27.0 Å². The van der Waals surface area contributed by atoms with Crippen molar-refractivity contribution >= 4 is 0 Å². The van der Waals surface area contributed by atoms with Gasteiger partial charge in [-0.15, -0.1) is 0 Å². The van der Waals surface area contributed by atoms with Gasteiger partial charge in [0.1, 0.15) is 5.54 Å². The lowest BCUT2D eigenvalue weighted by molar-refractivity contribution is 0.0959. The maximum absolute atomic E-state index is 9.74. The normalized spacial score (nSPS) is 22.8. The fourth-order valence-electron chi connectivity index (χ4n) is 3.28. The lowest BCUT2D eigenvalue weighted by Crippen LogP contribution is -2.51. The Hall–Kier alpha value is -1.33. The molecule has 21 heavy (non-hydrogen) atoms. The summed E-state index contributed by atoms with van der Waals surface area (Å²) in [6, 6.07) is 11.4. The highest BCUT2D eigenvalue weighted by atomic mass is 15.2. The van der Waals surface area contributed by atoms with Gasteiger partial charge in [-0.05, 0) is 49.3 Å². The van der Waals surface area contributed by atoms with Gasteiger partial charge in [0.15, 0.2) is 0 Å². The molecule has 0 spiro atoms. The summed E-state index contributed by atoms with van der Waals surface area (Å²) in [5.74, 6) is 1.26. The molecule has 1 aromatic rings. The van der Waals surface area contributed by atoms with E-state index in [9.17, 15) is 5.26 Å². The van der Waals surface area contributed by atoms with Crippen LogP contribution in [0, 0.1) is 17.2 Å². The van der Waals surface area contributed by atoms with Crippen LogP contribution < -0.4 is 0 Å². The average molecular weight is 284 g/mol. The molecule has 114 valence electrons. The minimum atomic E-state index is -0.381. The summed E-state index contributed by atoms with van der Waals surface area (Å²) in [6.45, 7) is 10.9. The van der Waals surface area contributed by atoms with E-state index in [1.807, 2.05) is 0 Å². The number of benzene rings is 1. The third kappa shape index (κ3) is 3.86. The van der Waals surface area contributed by atoms with Crippen molar-refractivity contribution in [3.8, 4) is 6.07 Å². The Morgan fingerprint density at radius 2 is 2.00 bits per heavy atom. The molecule has 1 saturated heterocycles. The van der Waals surface area contributed by atoms with Crippen molar-refractivity contribution < 1.29 is 0 Å². The first-order valence-electron chi connectivity index (χ1n) is 8.20. The van der Waals surface area contributed by atoms with Gasteiger partial charge in [-0.2, -0.15) is 5.26 Å². The molecule has 1 fully saturated rings. The van der Waals surface area contributed by atoms with Crippen molar-refractivity contribution in [2.45, 2.75) is 58.4 Å². The van der Waals surface area contributed by atoms with Crippen LogP contribution in [0.1, 0.15) is 57.6 Å². The lowest BCUT2D eigenvalue weighted by atomic mass is 9.87. The van der Waals surface area contributed by atoms with Gasteiger partial charge in [0.2, 0.25) is 0 Å². The predicted molar refractivity (Wildman–Crippen MR) is 88.2 cm³/mol. The molecule has 2 heteroatoms. The molecule has 0 aliphatic carbocycles.